The first-order valence-electron chi connectivity index (χ1n) is 21.8. The maximum atomic E-state index is 14.6. The molecule has 18 heteroatoms. The topological polar surface area (TPSA) is 230 Å². The maximum Gasteiger partial charge on any atom is 0.407 e. The van der Waals surface area contributed by atoms with Crippen molar-refractivity contribution in [3.8, 4) is 11.5 Å². The molecule has 3 aromatic rings. The monoisotopic (exact) mass is 917 g/mol. The highest BCUT2D eigenvalue weighted by Crippen LogP contribution is 2.47. The third-order valence-electron chi connectivity index (χ3n) is 13.0. The van der Waals surface area contributed by atoms with Crippen LogP contribution in [0.5, 0.6) is 11.5 Å². The third-order valence-corrected chi connectivity index (χ3v) is 13.0. The minimum absolute atomic E-state index is 0.125. The number of halogens is 1. The molecule has 3 aromatic carbocycles. The summed E-state index contributed by atoms with van der Waals surface area (Å²) in [7, 11) is 5.50. The summed E-state index contributed by atoms with van der Waals surface area (Å²) < 4.78 is 26.1. The van der Waals surface area contributed by atoms with E-state index in [9.17, 15) is 43.4 Å². The lowest BCUT2D eigenvalue weighted by Gasteiger charge is -2.43. The Balaban J connectivity index is 1.63. The molecule has 0 bridgehead atoms. The van der Waals surface area contributed by atoms with Crippen LogP contribution in [0.4, 0.5) is 19.7 Å². The van der Waals surface area contributed by atoms with Crippen LogP contribution in [-0.4, -0.2) is 119 Å². The molecule has 2 aliphatic rings. The fourth-order valence-corrected chi connectivity index (χ4v) is 10.0. The summed E-state index contributed by atoms with van der Waals surface area (Å²) >= 11 is 0. The van der Waals surface area contributed by atoms with Crippen LogP contribution >= 0.6 is 0 Å². The normalized spacial score (nSPS) is 19.4. The fourth-order valence-electron chi connectivity index (χ4n) is 10.0. The molecule has 2 saturated heterocycles. The van der Waals surface area contributed by atoms with Crippen molar-refractivity contribution in [3.63, 3.8) is 0 Å². The minimum atomic E-state index is -1.72. The summed E-state index contributed by atoms with van der Waals surface area (Å²) in [6.07, 6.45) is -1.56. The summed E-state index contributed by atoms with van der Waals surface area (Å²) in [5, 5.41) is 20.0. The maximum absolute atomic E-state index is 14.6. The predicted octanol–water partition coefficient (Wildman–Crippen LogP) is 5.70. The van der Waals surface area contributed by atoms with Gasteiger partial charge < -0.3 is 45.9 Å². The number of likely N-dealkylation sites (N-methyl/N-ethyl adjacent to an activating group) is 2. The van der Waals surface area contributed by atoms with Crippen LogP contribution in [0.2, 0.25) is 0 Å². The van der Waals surface area contributed by atoms with Gasteiger partial charge in [-0.1, -0.05) is 53.7 Å². The lowest BCUT2D eigenvalue weighted by atomic mass is 9.81. The molecule has 5 rings (SSSR count). The smallest absolute Gasteiger partial charge is 0.407 e. The van der Waals surface area contributed by atoms with Gasteiger partial charge in [-0.15, -0.1) is 0 Å². The number of nitrogens with two attached hydrogens (primary N) is 2. The van der Waals surface area contributed by atoms with E-state index in [0.717, 1.165) is 9.80 Å². The number of likely N-dealkylation sites (tertiary alicyclic amines) is 2. The molecule has 0 unspecified atom stereocenters. The van der Waals surface area contributed by atoms with Gasteiger partial charge in [0.2, 0.25) is 23.6 Å². The fraction of sp³-hybridized carbons (Fsp3) is 0.500. The largest absolute Gasteiger partial charge is 0.496 e. The molecule has 2 heterocycles. The van der Waals surface area contributed by atoms with Gasteiger partial charge in [0.05, 0.1) is 14.2 Å². The number of carbonyl (C=O) groups excluding carboxylic acids is 4. The molecule has 2 aliphatic heterocycles. The van der Waals surface area contributed by atoms with Crippen molar-refractivity contribution < 1.29 is 52.8 Å². The van der Waals surface area contributed by atoms with Crippen molar-refractivity contribution in [2.75, 3.05) is 46.3 Å². The molecule has 17 nitrogen and oxygen atoms in total. The third kappa shape index (κ3) is 9.40. The average molecular weight is 918 g/mol. The van der Waals surface area contributed by atoms with Gasteiger partial charge in [-0.2, -0.15) is 0 Å². The van der Waals surface area contributed by atoms with Gasteiger partial charge in [-0.25, -0.2) is 14.0 Å². The lowest BCUT2D eigenvalue weighted by Crippen LogP contribution is -2.61. The molecule has 4 atom stereocenters. The summed E-state index contributed by atoms with van der Waals surface area (Å²) in [5.41, 5.74) is 9.87. The van der Waals surface area contributed by atoms with E-state index in [1.807, 2.05) is 4.90 Å². The standard InChI is InChI=1S/C48H64FN7O10/c1-45(2,3)37(52(7)43(61)62)39(57)55-23-11-21-47(55,41(50)59)33-25-29(13-19-35(33)65-9)27-54(32-17-15-31(49)16-18-32)28-30-14-20-36(66-10)34(26-30)48(42(51)60)22-12-24-56(48)40(58)38(46(4,5)6)53(8)44(63)64/h13-20,25-26,37-38H,11-12,21-24,27-28H2,1-10H3,(H2,50,59)(H2,51,60)(H,61,62)(H,63,64)/t37-,38-,47+,48+/m1/s1. The highest BCUT2D eigenvalue weighted by molar-refractivity contribution is 5.97. The van der Waals surface area contributed by atoms with E-state index in [1.54, 1.807) is 90.1 Å². The second kappa shape index (κ2) is 19.1. The summed E-state index contributed by atoms with van der Waals surface area (Å²) in [6, 6.07) is 13.9. The Morgan fingerprint density at radius 3 is 1.33 bits per heavy atom. The molecule has 6 amide bonds. The number of ether oxygens (including phenoxy) is 2. The van der Waals surface area contributed by atoms with Crippen molar-refractivity contribution in [1.82, 2.24) is 19.6 Å². The summed E-state index contributed by atoms with van der Waals surface area (Å²) in [4.78, 5) is 88.0. The quantitative estimate of drug-likeness (QED) is 0.144. The number of hydrogen-bond donors (Lipinski definition) is 4. The van der Waals surface area contributed by atoms with Gasteiger partial charge >= 0.3 is 12.2 Å². The van der Waals surface area contributed by atoms with E-state index in [1.165, 1.54) is 50.2 Å². The van der Waals surface area contributed by atoms with E-state index in [2.05, 4.69) is 0 Å². The van der Waals surface area contributed by atoms with E-state index in [4.69, 9.17) is 20.9 Å². The molecule has 0 saturated carbocycles. The number of primary amides is 2. The molecule has 0 aliphatic carbocycles. The van der Waals surface area contributed by atoms with Gasteiger partial charge in [0.25, 0.3) is 0 Å². The second-order valence-electron chi connectivity index (χ2n) is 19.4. The van der Waals surface area contributed by atoms with E-state index in [-0.39, 0.29) is 50.5 Å². The average Bonchev–Trinajstić information content (AvgIpc) is 3.90. The Labute approximate surface area is 385 Å². The van der Waals surface area contributed by atoms with Crippen molar-refractivity contribution in [2.45, 2.75) is 103 Å². The lowest BCUT2D eigenvalue weighted by molar-refractivity contribution is -0.150. The molecule has 66 heavy (non-hydrogen) atoms. The van der Waals surface area contributed by atoms with Gasteiger partial charge in [0.15, 0.2) is 11.1 Å². The zero-order valence-electron chi connectivity index (χ0n) is 39.5. The number of amides is 6. The van der Waals surface area contributed by atoms with Crippen molar-refractivity contribution in [3.05, 3.63) is 88.7 Å². The van der Waals surface area contributed by atoms with Gasteiger partial charge in [-0.05, 0) is 96.2 Å². The molecule has 2 fully saturated rings. The van der Waals surface area contributed by atoms with Crippen molar-refractivity contribution in [2.24, 2.45) is 22.3 Å². The molecule has 0 aromatic heterocycles. The van der Waals surface area contributed by atoms with E-state index >= 15 is 0 Å². The number of nitrogens with zero attached hydrogens (tertiary/aromatic N) is 5. The highest BCUT2D eigenvalue weighted by atomic mass is 19.1. The van der Waals surface area contributed by atoms with Crippen molar-refractivity contribution >= 4 is 41.5 Å². The first-order chi connectivity index (χ1) is 30.8. The molecule has 6 N–H and O–H groups in total. The van der Waals surface area contributed by atoms with Gasteiger partial charge in [-0.3, -0.25) is 29.0 Å². The molecular formula is C48H64FN7O10. The Kier molecular flexibility index (Phi) is 14.6. The van der Waals surface area contributed by atoms with Crippen LogP contribution in [0.3, 0.4) is 0 Å². The van der Waals surface area contributed by atoms with E-state index < -0.39 is 75.6 Å². The Bertz CT molecular complexity index is 2210. The first kappa shape index (κ1) is 50.4. The Hall–Kier alpha value is -6.59. The highest BCUT2D eigenvalue weighted by Gasteiger charge is 2.56. The summed E-state index contributed by atoms with van der Waals surface area (Å²) in [6.45, 7) is 11.0. The number of carbonyl (C=O) groups is 6. The molecular weight excluding hydrogens is 854 g/mol. The van der Waals surface area contributed by atoms with Gasteiger partial charge in [0, 0.05) is 57.1 Å². The zero-order chi connectivity index (χ0) is 49.3. The Morgan fingerprint density at radius 2 is 1.03 bits per heavy atom. The first-order valence-corrected chi connectivity index (χ1v) is 21.8. The van der Waals surface area contributed by atoms with E-state index in [0.29, 0.717) is 40.8 Å². The second-order valence-corrected chi connectivity index (χ2v) is 19.4. The zero-order valence-corrected chi connectivity index (χ0v) is 39.5. The molecule has 358 valence electrons. The van der Waals surface area contributed by atoms with Crippen LogP contribution in [0.1, 0.15) is 89.5 Å². The van der Waals surface area contributed by atoms with Crippen LogP contribution in [0.25, 0.3) is 0 Å². The van der Waals surface area contributed by atoms with Gasteiger partial charge in [0.1, 0.15) is 29.4 Å². The number of methoxy groups -OCH3 is 2. The summed E-state index contributed by atoms with van der Waals surface area (Å²) in [5.74, 6) is -2.72. The minimum Gasteiger partial charge on any atom is -0.496 e. The number of benzene rings is 3. The Morgan fingerprint density at radius 1 is 0.667 bits per heavy atom. The SMILES string of the molecule is COc1ccc(CN(Cc2ccc(OC)c([C@]3(C(N)=O)CCCN3C(=O)[C@@H](N(C)C(=O)O)C(C)(C)C)c2)c2ccc(F)cc2)cc1[C@]1(C(N)=O)CCCN1C(=O)[C@@H](N(C)C(=O)O)C(C)(C)C. The molecule has 0 spiro atoms. The van der Waals surface area contributed by atoms with Crippen LogP contribution < -0.4 is 25.8 Å². The van der Waals surface area contributed by atoms with Crippen LogP contribution in [0, 0.1) is 16.6 Å². The molecule has 0 radical (unpaired) electrons. The number of carboxylic acid groups (broad SMARTS) is 2. The van der Waals surface area contributed by atoms with Crippen LogP contribution in [0.15, 0.2) is 60.7 Å². The number of anilines is 1. The predicted molar refractivity (Wildman–Crippen MR) is 244 cm³/mol. The number of hydrogen-bond acceptors (Lipinski definition) is 9. The van der Waals surface area contributed by atoms with Crippen molar-refractivity contribution in [1.29, 1.82) is 0 Å². The van der Waals surface area contributed by atoms with Crippen LogP contribution in [-0.2, 0) is 43.3 Å². The number of rotatable bonds is 15.